The second-order valence-corrected chi connectivity index (χ2v) is 3.74. The van der Waals surface area contributed by atoms with Gasteiger partial charge in [-0.05, 0) is 18.6 Å². The summed E-state index contributed by atoms with van der Waals surface area (Å²) in [4.78, 5) is 3.70. The predicted molar refractivity (Wildman–Crippen MR) is 58.3 cm³/mol. The fourth-order valence-corrected chi connectivity index (χ4v) is 1.77. The lowest BCUT2D eigenvalue weighted by molar-refractivity contribution is 0.144. The second-order valence-electron chi connectivity index (χ2n) is 3.38. The molecule has 0 N–H and O–H groups in total. The van der Waals surface area contributed by atoms with Crippen molar-refractivity contribution < 1.29 is 8.78 Å². The van der Waals surface area contributed by atoms with E-state index >= 15 is 0 Å². The van der Waals surface area contributed by atoms with Crippen LogP contribution in [0.4, 0.5) is 8.78 Å². The van der Waals surface area contributed by atoms with Crippen molar-refractivity contribution in [1.29, 1.82) is 0 Å². The first kappa shape index (κ1) is 11.1. The first-order valence-corrected chi connectivity index (χ1v) is 5.06. The Labute approximate surface area is 96.5 Å². The summed E-state index contributed by atoms with van der Waals surface area (Å²) >= 11 is 5.63. The zero-order chi connectivity index (χ0) is 11.7. The number of benzene rings is 1. The van der Waals surface area contributed by atoms with Crippen molar-refractivity contribution in [1.82, 2.24) is 9.55 Å². The van der Waals surface area contributed by atoms with Crippen LogP contribution in [0.5, 0.6) is 0 Å². The molecule has 0 aliphatic carbocycles. The third-order valence-electron chi connectivity index (χ3n) is 2.34. The lowest BCUT2D eigenvalue weighted by atomic mass is 10.2. The van der Waals surface area contributed by atoms with E-state index in [1.807, 2.05) is 19.1 Å². The summed E-state index contributed by atoms with van der Waals surface area (Å²) in [5, 5.41) is -0.154. The van der Waals surface area contributed by atoms with Crippen LogP contribution in [0, 0.1) is 6.92 Å². The third-order valence-corrected chi connectivity index (χ3v) is 2.63. The van der Waals surface area contributed by atoms with Gasteiger partial charge in [0.05, 0.1) is 0 Å². The number of rotatable bonds is 2. The number of hydrogen-bond donors (Lipinski definition) is 0. The summed E-state index contributed by atoms with van der Waals surface area (Å²) < 4.78 is 26.9. The van der Waals surface area contributed by atoms with Crippen LogP contribution in [0.3, 0.4) is 0 Å². The van der Waals surface area contributed by atoms with Crippen molar-refractivity contribution in [3.05, 3.63) is 47.0 Å². The number of nitrogens with zero attached hydrogens (tertiary/aromatic N) is 2. The van der Waals surface area contributed by atoms with E-state index in [4.69, 9.17) is 11.6 Å². The molecule has 0 fully saturated rings. The molecule has 0 unspecified atom stereocenters. The molecular weight excluding hydrogens is 234 g/mol. The Bertz CT molecular complexity index is 508. The van der Waals surface area contributed by atoms with E-state index in [2.05, 4.69) is 4.98 Å². The SMILES string of the molecule is Cc1ccccc1-n1cnc(Cl)c1C(F)F. The Morgan fingerprint density at radius 1 is 1.31 bits per heavy atom. The van der Waals surface area contributed by atoms with Gasteiger partial charge in [0.2, 0.25) is 0 Å². The van der Waals surface area contributed by atoms with E-state index in [1.54, 1.807) is 12.1 Å². The van der Waals surface area contributed by atoms with Crippen LogP contribution >= 0.6 is 11.6 Å². The number of hydrogen-bond acceptors (Lipinski definition) is 1. The normalized spacial score (nSPS) is 11.1. The summed E-state index contributed by atoms with van der Waals surface area (Å²) in [7, 11) is 0. The summed E-state index contributed by atoms with van der Waals surface area (Å²) in [5.74, 6) is 0. The van der Waals surface area contributed by atoms with Gasteiger partial charge in [0, 0.05) is 5.69 Å². The topological polar surface area (TPSA) is 17.8 Å². The van der Waals surface area contributed by atoms with E-state index in [-0.39, 0.29) is 10.8 Å². The van der Waals surface area contributed by atoms with E-state index in [1.165, 1.54) is 10.9 Å². The summed E-state index contributed by atoms with van der Waals surface area (Å²) in [5.41, 5.74) is 1.28. The van der Waals surface area contributed by atoms with E-state index in [0.29, 0.717) is 5.69 Å². The van der Waals surface area contributed by atoms with Crippen LogP contribution in [0.25, 0.3) is 5.69 Å². The predicted octanol–water partition coefficient (Wildman–Crippen LogP) is 3.77. The number of alkyl halides is 2. The minimum Gasteiger partial charge on any atom is -0.296 e. The largest absolute Gasteiger partial charge is 0.296 e. The van der Waals surface area contributed by atoms with Crippen LogP contribution in [-0.2, 0) is 0 Å². The van der Waals surface area contributed by atoms with Gasteiger partial charge in [0.15, 0.2) is 5.15 Å². The molecule has 2 rings (SSSR count). The molecule has 0 radical (unpaired) electrons. The molecule has 0 saturated carbocycles. The molecule has 0 saturated heterocycles. The van der Waals surface area contributed by atoms with Gasteiger partial charge in [0.1, 0.15) is 12.0 Å². The van der Waals surface area contributed by atoms with Crippen molar-refractivity contribution in [3.63, 3.8) is 0 Å². The smallest absolute Gasteiger partial charge is 0.281 e. The highest BCUT2D eigenvalue weighted by atomic mass is 35.5. The molecule has 0 spiro atoms. The van der Waals surface area contributed by atoms with E-state index < -0.39 is 6.43 Å². The van der Waals surface area contributed by atoms with Gasteiger partial charge >= 0.3 is 0 Å². The zero-order valence-corrected chi connectivity index (χ0v) is 9.25. The van der Waals surface area contributed by atoms with Crippen molar-refractivity contribution in [2.24, 2.45) is 0 Å². The quantitative estimate of drug-likeness (QED) is 0.784. The van der Waals surface area contributed by atoms with Crippen molar-refractivity contribution in [3.8, 4) is 5.69 Å². The molecule has 84 valence electrons. The Morgan fingerprint density at radius 2 is 2.00 bits per heavy atom. The Hall–Kier alpha value is -1.42. The first-order valence-electron chi connectivity index (χ1n) is 4.68. The van der Waals surface area contributed by atoms with Gasteiger partial charge in [-0.15, -0.1) is 0 Å². The van der Waals surface area contributed by atoms with Crippen molar-refractivity contribution >= 4 is 11.6 Å². The molecule has 0 aliphatic rings. The number of aryl methyl sites for hydroxylation is 1. The fourth-order valence-electron chi connectivity index (χ4n) is 1.56. The molecule has 5 heteroatoms. The Morgan fingerprint density at radius 3 is 2.62 bits per heavy atom. The monoisotopic (exact) mass is 242 g/mol. The van der Waals surface area contributed by atoms with E-state index in [0.717, 1.165) is 5.56 Å². The van der Waals surface area contributed by atoms with Crippen molar-refractivity contribution in [2.75, 3.05) is 0 Å². The molecule has 2 aromatic rings. The van der Waals surface area contributed by atoms with Gasteiger partial charge in [0.25, 0.3) is 6.43 Å². The molecule has 16 heavy (non-hydrogen) atoms. The lowest BCUT2D eigenvalue weighted by Gasteiger charge is -2.10. The van der Waals surface area contributed by atoms with Crippen LogP contribution in [-0.4, -0.2) is 9.55 Å². The van der Waals surface area contributed by atoms with Gasteiger partial charge in [-0.3, -0.25) is 4.57 Å². The van der Waals surface area contributed by atoms with E-state index in [9.17, 15) is 8.78 Å². The van der Waals surface area contributed by atoms with Crippen LogP contribution in [0.2, 0.25) is 5.15 Å². The van der Waals surface area contributed by atoms with Crippen LogP contribution in [0.15, 0.2) is 30.6 Å². The summed E-state index contributed by atoms with van der Waals surface area (Å²) in [6.45, 7) is 1.85. The molecule has 2 nitrogen and oxygen atoms in total. The minimum atomic E-state index is -2.64. The zero-order valence-electron chi connectivity index (χ0n) is 8.49. The molecule has 0 bridgehead atoms. The van der Waals surface area contributed by atoms with Gasteiger partial charge in [-0.1, -0.05) is 29.8 Å². The standard InChI is InChI=1S/C11H9ClF2N2/c1-7-4-2-3-5-8(7)16-6-15-10(12)9(16)11(13)14/h2-6,11H,1H3. The molecular formula is C11H9ClF2N2. The average Bonchev–Trinajstić information content (AvgIpc) is 2.61. The molecule has 0 aliphatic heterocycles. The highest BCUT2D eigenvalue weighted by molar-refractivity contribution is 6.30. The Kier molecular flexibility index (Phi) is 2.92. The third kappa shape index (κ3) is 1.80. The molecule has 1 aromatic heterocycles. The minimum absolute atomic E-state index is 0.154. The summed E-state index contributed by atoms with van der Waals surface area (Å²) in [6, 6.07) is 7.22. The Balaban J connectivity index is 2.61. The lowest BCUT2D eigenvalue weighted by Crippen LogP contribution is -2.01. The van der Waals surface area contributed by atoms with Gasteiger partial charge in [-0.25, -0.2) is 13.8 Å². The number of halogens is 3. The number of imidazole rings is 1. The number of aromatic nitrogens is 2. The number of para-hydroxylation sites is 1. The first-order chi connectivity index (χ1) is 7.61. The molecule has 0 atom stereocenters. The fraction of sp³-hybridized carbons (Fsp3) is 0.182. The molecule has 1 aromatic carbocycles. The van der Waals surface area contributed by atoms with Crippen molar-refractivity contribution in [2.45, 2.75) is 13.3 Å². The second kappa shape index (κ2) is 4.22. The summed E-state index contributed by atoms with van der Waals surface area (Å²) in [6.07, 6.45) is -1.33. The highest BCUT2D eigenvalue weighted by Crippen LogP contribution is 2.29. The maximum absolute atomic E-state index is 12.8. The maximum Gasteiger partial charge on any atom is 0.281 e. The van der Waals surface area contributed by atoms with Gasteiger partial charge in [-0.2, -0.15) is 0 Å². The highest BCUT2D eigenvalue weighted by Gasteiger charge is 2.20. The van der Waals surface area contributed by atoms with Crippen LogP contribution in [0.1, 0.15) is 17.7 Å². The van der Waals surface area contributed by atoms with Gasteiger partial charge < -0.3 is 0 Å². The van der Waals surface area contributed by atoms with Crippen LogP contribution < -0.4 is 0 Å². The molecule has 0 amide bonds. The average molecular weight is 243 g/mol. The molecule has 1 heterocycles. The maximum atomic E-state index is 12.8.